The average Bonchev–Trinajstić information content (AvgIpc) is 3.21. The van der Waals surface area contributed by atoms with E-state index in [4.69, 9.17) is 4.42 Å². The van der Waals surface area contributed by atoms with Gasteiger partial charge in [-0.1, -0.05) is 0 Å². The molecule has 2 aromatic heterocycles. The maximum absolute atomic E-state index is 11.9. The van der Waals surface area contributed by atoms with Crippen molar-refractivity contribution in [3.63, 3.8) is 0 Å². The lowest BCUT2D eigenvalue weighted by molar-refractivity contribution is 0.252. The molecule has 3 aromatic rings. The van der Waals surface area contributed by atoms with Crippen LogP contribution in [0.5, 0.6) is 0 Å². The predicted octanol–water partition coefficient (Wildman–Crippen LogP) is 3.34. The number of furan rings is 1. The molecule has 124 valence electrons. The zero-order chi connectivity index (χ0) is 16.9. The number of amides is 2. The van der Waals surface area contributed by atoms with Crippen molar-refractivity contribution in [2.75, 3.05) is 11.9 Å². The molecule has 0 aliphatic rings. The van der Waals surface area contributed by atoms with Gasteiger partial charge in [0, 0.05) is 22.2 Å². The Hall–Kier alpha value is -2.36. The minimum atomic E-state index is -0.245. The number of halogens is 1. The zero-order valence-corrected chi connectivity index (χ0v) is 15.1. The standard InChI is InChI=1S/C16H16IN5O2/c1-10-9-11(17)4-5-12(10)19-16(23)18-7-6-14-20-15(22-21-14)13-3-2-8-24-13/h2-5,8-9H,6-7H2,1H3,(H2,18,19,23)(H,20,21,22). The maximum Gasteiger partial charge on any atom is 0.319 e. The number of hydrogen-bond donors (Lipinski definition) is 3. The first-order valence-electron chi connectivity index (χ1n) is 7.38. The number of H-pyrrole nitrogens is 1. The molecule has 0 atom stereocenters. The van der Waals surface area contributed by atoms with Gasteiger partial charge in [-0.15, -0.1) is 0 Å². The van der Waals surface area contributed by atoms with Crippen LogP contribution in [0, 0.1) is 10.5 Å². The van der Waals surface area contributed by atoms with E-state index in [9.17, 15) is 4.79 Å². The van der Waals surface area contributed by atoms with Gasteiger partial charge in [-0.3, -0.25) is 5.10 Å². The molecule has 0 radical (unpaired) electrons. The minimum absolute atomic E-state index is 0.245. The van der Waals surface area contributed by atoms with Gasteiger partial charge < -0.3 is 15.1 Å². The quantitative estimate of drug-likeness (QED) is 0.534. The molecule has 0 unspecified atom stereocenters. The number of aryl methyl sites for hydroxylation is 1. The van der Waals surface area contributed by atoms with Crippen molar-refractivity contribution in [3.05, 3.63) is 51.6 Å². The summed E-state index contributed by atoms with van der Waals surface area (Å²) in [6.45, 7) is 2.41. The summed E-state index contributed by atoms with van der Waals surface area (Å²) >= 11 is 2.24. The lowest BCUT2D eigenvalue weighted by Gasteiger charge is -2.09. The van der Waals surface area contributed by atoms with E-state index in [2.05, 4.69) is 48.4 Å². The van der Waals surface area contributed by atoms with E-state index in [0.29, 0.717) is 30.4 Å². The molecule has 3 rings (SSSR count). The summed E-state index contributed by atoms with van der Waals surface area (Å²) in [4.78, 5) is 16.3. The summed E-state index contributed by atoms with van der Waals surface area (Å²) in [6.07, 6.45) is 2.12. The summed E-state index contributed by atoms with van der Waals surface area (Å²) in [7, 11) is 0. The zero-order valence-electron chi connectivity index (χ0n) is 13.0. The normalized spacial score (nSPS) is 10.6. The number of carbonyl (C=O) groups is 1. The van der Waals surface area contributed by atoms with E-state index < -0.39 is 0 Å². The molecule has 2 heterocycles. The second-order valence-corrected chi connectivity index (χ2v) is 6.42. The van der Waals surface area contributed by atoms with Gasteiger partial charge in [0.05, 0.1) is 6.26 Å². The van der Waals surface area contributed by atoms with Crippen LogP contribution in [0.1, 0.15) is 11.4 Å². The van der Waals surface area contributed by atoms with Crippen LogP contribution in [0.15, 0.2) is 41.0 Å². The van der Waals surface area contributed by atoms with E-state index in [0.717, 1.165) is 14.8 Å². The topological polar surface area (TPSA) is 95.8 Å². The molecule has 0 spiro atoms. The molecule has 2 amide bonds. The van der Waals surface area contributed by atoms with Gasteiger partial charge in [0.1, 0.15) is 5.82 Å². The molecule has 24 heavy (non-hydrogen) atoms. The van der Waals surface area contributed by atoms with Crippen LogP contribution in [0.2, 0.25) is 0 Å². The molecule has 3 N–H and O–H groups in total. The molecule has 1 aromatic carbocycles. The third kappa shape index (κ3) is 4.13. The van der Waals surface area contributed by atoms with E-state index in [1.807, 2.05) is 25.1 Å². The van der Waals surface area contributed by atoms with E-state index >= 15 is 0 Å². The first kappa shape index (κ1) is 16.5. The van der Waals surface area contributed by atoms with E-state index in [-0.39, 0.29) is 6.03 Å². The lowest BCUT2D eigenvalue weighted by Crippen LogP contribution is -2.30. The van der Waals surface area contributed by atoms with Gasteiger partial charge in [0.15, 0.2) is 5.76 Å². The smallest absolute Gasteiger partial charge is 0.319 e. The largest absolute Gasteiger partial charge is 0.461 e. The Bertz CT molecular complexity index is 829. The second kappa shape index (κ2) is 7.47. The summed E-state index contributed by atoms with van der Waals surface area (Å²) < 4.78 is 6.37. The fourth-order valence-corrected chi connectivity index (χ4v) is 2.80. The van der Waals surface area contributed by atoms with Crippen LogP contribution in [0.4, 0.5) is 10.5 Å². The monoisotopic (exact) mass is 437 g/mol. The Morgan fingerprint density at radius 3 is 3.00 bits per heavy atom. The molecule has 0 aliphatic carbocycles. The SMILES string of the molecule is Cc1cc(I)ccc1NC(=O)NCCc1nc(-c2ccco2)n[nH]1. The summed E-state index contributed by atoms with van der Waals surface area (Å²) in [6, 6.07) is 9.19. The fraction of sp³-hybridized carbons (Fsp3) is 0.188. The number of nitrogens with one attached hydrogen (secondary N) is 3. The van der Waals surface area contributed by atoms with Gasteiger partial charge in [-0.25, -0.2) is 9.78 Å². The highest BCUT2D eigenvalue weighted by molar-refractivity contribution is 14.1. The molecular weight excluding hydrogens is 421 g/mol. The lowest BCUT2D eigenvalue weighted by atomic mass is 10.2. The maximum atomic E-state index is 11.9. The summed E-state index contributed by atoms with van der Waals surface area (Å²) in [5, 5.41) is 12.6. The van der Waals surface area contributed by atoms with Crippen LogP contribution in [-0.2, 0) is 6.42 Å². The van der Waals surface area contributed by atoms with Crippen molar-refractivity contribution in [2.45, 2.75) is 13.3 Å². The number of anilines is 1. The number of hydrogen-bond acceptors (Lipinski definition) is 4. The van der Waals surface area contributed by atoms with Crippen LogP contribution in [-0.4, -0.2) is 27.8 Å². The molecule has 7 nitrogen and oxygen atoms in total. The van der Waals surface area contributed by atoms with Gasteiger partial charge in [0.25, 0.3) is 0 Å². The summed E-state index contributed by atoms with van der Waals surface area (Å²) in [5.74, 6) is 1.80. The number of nitrogens with zero attached hydrogens (tertiary/aromatic N) is 2. The second-order valence-electron chi connectivity index (χ2n) is 5.17. The first-order chi connectivity index (χ1) is 11.6. The molecule has 0 saturated heterocycles. The number of aromatic nitrogens is 3. The highest BCUT2D eigenvalue weighted by atomic mass is 127. The Balaban J connectivity index is 1.48. The molecule has 0 bridgehead atoms. The molecule has 8 heteroatoms. The van der Waals surface area contributed by atoms with Gasteiger partial charge in [-0.05, 0) is 65.4 Å². The number of rotatable bonds is 5. The number of carbonyl (C=O) groups excluding carboxylic acids is 1. The predicted molar refractivity (Wildman–Crippen MR) is 98.7 cm³/mol. The fourth-order valence-electron chi connectivity index (χ4n) is 2.15. The highest BCUT2D eigenvalue weighted by Crippen LogP contribution is 2.17. The summed E-state index contributed by atoms with van der Waals surface area (Å²) in [5.41, 5.74) is 1.82. The molecule has 0 aliphatic heterocycles. The highest BCUT2D eigenvalue weighted by Gasteiger charge is 2.09. The molecule has 0 fully saturated rings. The minimum Gasteiger partial charge on any atom is -0.461 e. The van der Waals surface area contributed by atoms with Crippen molar-refractivity contribution in [2.24, 2.45) is 0 Å². The van der Waals surface area contributed by atoms with Gasteiger partial charge >= 0.3 is 6.03 Å². The van der Waals surface area contributed by atoms with Crippen molar-refractivity contribution < 1.29 is 9.21 Å². The van der Waals surface area contributed by atoms with Crippen LogP contribution >= 0.6 is 22.6 Å². The average molecular weight is 437 g/mol. The van der Waals surface area contributed by atoms with Gasteiger partial charge in [-0.2, -0.15) is 5.10 Å². The van der Waals surface area contributed by atoms with Crippen LogP contribution in [0.3, 0.4) is 0 Å². The van der Waals surface area contributed by atoms with E-state index in [1.54, 1.807) is 18.4 Å². The Labute approximate surface area is 152 Å². The van der Waals surface area contributed by atoms with Crippen molar-refractivity contribution in [1.82, 2.24) is 20.5 Å². The van der Waals surface area contributed by atoms with Crippen molar-refractivity contribution >= 4 is 34.3 Å². The van der Waals surface area contributed by atoms with Crippen LogP contribution < -0.4 is 10.6 Å². The number of urea groups is 1. The van der Waals surface area contributed by atoms with E-state index in [1.165, 1.54) is 0 Å². The molecular formula is C16H16IN5O2. The number of benzene rings is 1. The Kier molecular flexibility index (Phi) is 5.14. The third-order valence-electron chi connectivity index (χ3n) is 3.36. The third-order valence-corrected chi connectivity index (χ3v) is 4.03. The van der Waals surface area contributed by atoms with Crippen LogP contribution in [0.25, 0.3) is 11.6 Å². The van der Waals surface area contributed by atoms with Crippen molar-refractivity contribution in [1.29, 1.82) is 0 Å². The Morgan fingerprint density at radius 1 is 1.38 bits per heavy atom. The number of aromatic amines is 1. The molecule has 0 saturated carbocycles. The Morgan fingerprint density at radius 2 is 2.25 bits per heavy atom. The first-order valence-corrected chi connectivity index (χ1v) is 8.46. The van der Waals surface area contributed by atoms with Gasteiger partial charge in [0.2, 0.25) is 5.82 Å². The van der Waals surface area contributed by atoms with Crippen molar-refractivity contribution in [3.8, 4) is 11.6 Å².